The molecule has 1 aliphatic rings. The molecule has 0 aliphatic carbocycles. The van der Waals surface area contributed by atoms with E-state index in [0.29, 0.717) is 0 Å². The van der Waals surface area contributed by atoms with Crippen molar-refractivity contribution in [2.45, 2.75) is 18.2 Å². The topological polar surface area (TPSA) is 54.5 Å². The van der Waals surface area contributed by atoms with Crippen LogP contribution in [0.15, 0.2) is 12.1 Å². The summed E-state index contributed by atoms with van der Waals surface area (Å²) in [4.78, 5) is 12.7. The highest BCUT2D eigenvalue weighted by molar-refractivity contribution is 8.14. The molecule has 9 heteroatoms. The molecule has 0 radical (unpaired) electrons. The Morgan fingerprint density at radius 3 is 2.25 bits per heavy atom. The Labute approximate surface area is 117 Å². The van der Waals surface area contributed by atoms with Gasteiger partial charge in [0.25, 0.3) is 0 Å². The predicted molar refractivity (Wildman–Crippen MR) is 64.9 cm³/mol. The molecule has 1 fully saturated rings. The average Bonchev–Trinajstić information content (AvgIpc) is 2.68. The van der Waals surface area contributed by atoms with Gasteiger partial charge in [-0.3, -0.25) is 4.79 Å². The molecule has 1 aliphatic heterocycles. The van der Waals surface area contributed by atoms with Gasteiger partial charge in [-0.25, -0.2) is 21.6 Å². The van der Waals surface area contributed by atoms with Gasteiger partial charge in [-0.1, -0.05) is 0 Å². The van der Waals surface area contributed by atoms with Crippen molar-refractivity contribution in [3.05, 3.63) is 35.1 Å². The fraction of sp³-hybridized carbons (Fsp3) is 0.364. The van der Waals surface area contributed by atoms with Crippen LogP contribution in [0.1, 0.15) is 12.0 Å². The molecule has 0 bridgehead atoms. The van der Waals surface area contributed by atoms with Crippen LogP contribution in [0.2, 0.25) is 0 Å². The fourth-order valence-corrected chi connectivity index (χ4v) is 3.05. The number of nitrogens with zero attached hydrogens (tertiary/aromatic N) is 1. The van der Waals surface area contributed by atoms with Crippen molar-refractivity contribution in [3.8, 4) is 0 Å². The summed E-state index contributed by atoms with van der Waals surface area (Å²) in [5.41, 5.74) is 0.0300. The van der Waals surface area contributed by atoms with E-state index in [1.807, 2.05) is 0 Å². The van der Waals surface area contributed by atoms with Crippen LogP contribution in [0.4, 0.5) is 13.2 Å². The van der Waals surface area contributed by atoms with E-state index in [0.717, 1.165) is 17.0 Å². The summed E-state index contributed by atoms with van der Waals surface area (Å²) in [5, 5.41) is -1.05. The van der Waals surface area contributed by atoms with E-state index in [2.05, 4.69) is 0 Å². The Bertz CT molecular complexity index is 642. The molecule has 4 nitrogen and oxygen atoms in total. The van der Waals surface area contributed by atoms with Gasteiger partial charge in [0.15, 0.2) is 17.5 Å². The number of rotatable bonds is 3. The number of hydrogen-bond donors (Lipinski definition) is 0. The van der Waals surface area contributed by atoms with Crippen molar-refractivity contribution >= 4 is 25.6 Å². The van der Waals surface area contributed by atoms with Gasteiger partial charge in [0.1, 0.15) is 5.25 Å². The maximum atomic E-state index is 13.0. The van der Waals surface area contributed by atoms with E-state index in [9.17, 15) is 26.4 Å². The molecule has 0 aromatic heterocycles. The van der Waals surface area contributed by atoms with Crippen molar-refractivity contribution < 1.29 is 26.4 Å². The first-order chi connectivity index (χ1) is 9.18. The predicted octanol–water partition coefficient (Wildman–Crippen LogP) is 1.77. The smallest absolute Gasteiger partial charge is 0.237 e. The van der Waals surface area contributed by atoms with Crippen LogP contribution in [0.25, 0.3) is 0 Å². The van der Waals surface area contributed by atoms with Gasteiger partial charge in [-0.15, -0.1) is 0 Å². The minimum Gasteiger partial charge on any atom is -0.337 e. The molecule has 1 atom stereocenters. The van der Waals surface area contributed by atoms with E-state index in [1.54, 1.807) is 0 Å². The number of benzene rings is 1. The minimum atomic E-state index is -3.88. The third kappa shape index (κ3) is 3.06. The van der Waals surface area contributed by atoms with Crippen molar-refractivity contribution in [2.75, 3.05) is 6.54 Å². The largest absolute Gasteiger partial charge is 0.337 e. The van der Waals surface area contributed by atoms with Crippen LogP contribution in [0.3, 0.4) is 0 Å². The van der Waals surface area contributed by atoms with E-state index in [4.69, 9.17) is 10.7 Å². The molecular weight excluding hydrogens is 319 g/mol. The Balaban J connectivity index is 2.17. The monoisotopic (exact) mass is 327 g/mol. The fourth-order valence-electron chi connectivity index (χ4n) is 2.00. The van der Waals surface area contributed by atoms with Crippen molar-refractivity contribution in [2.24, 2.45) is 0 Å². The normalized spacial score (nSPS) is 19.7. The van der Waals surface area contributed by atoms with Crippen molar-refractivity contribution in [1.29, 1.82) is 0 Å². The summed E-state index contributed by atoms with van der Waals surface area (Å²) >= 11 is 0. The number of amides is 1. The second-order valence-corrected chi connectivity index (χ2v) is 7.36. The number of carbonyl (C=O) groups is 1. The van der Waals surface area contributed by atoms with Gasteiger partial charge in [-0.05, 0) is 17.7 Å². The first-order valence-corrected chi connectivity index (χ1v) is 7.90. The summed E-state index contributed by atoms with van der Waals surface area (Å²) in [6, 6.07) is 1.52. The third-order valence-corrected chi connectivity index (χ3v) is 4.86. The molecule has 1 aromatic rings. The molecule has 0 N–H and O–H groups in total. The SMILES string of the molecule is O=C1CC(S(=O)(=O)Cl)CN1Cc1cc(F)c(F)c(F)c1. The molecule has 2 rings (SSSR count). The summed E-state index contributed by atoms with van der Waals surface area (Å²) in [6.45, 7) is -0.374. The maximum absolute atomic E-state index is 13.0. The van der Waals surface area contributed by atoms with E-state index in [1.165, 1.54) is 0 Å². The van der Waals surface area contributed by atoms with Crippen LogP contribution in [-0.2, 0) is 20.4 Å². The Hall–Kier alpha value is -1.28. The molecule has 1 heterocycles. The van der Waals surface area contributed by atoms with Crippen molar-refractivity contribution in [3.63, 3.8) is 0 Å². The highest BCUT2D eigenvalue weighted by atomic mass is 35.7. The molecule has 0 spiro atoms. The molecular formula is C11H9ClF3NO3S. The van der Waals surface area contributed by atoms with Gasteiger partial charge in [-0.2, -0.15) is 0 Å². The lowest BCUT2D eigenvalue weighted by atomic mass is 10.2. The number of halogens is 4. The zero-order chi connectivity index (χ0) is 15.1. The van der Waals surface area contributed by atoms with Crippen LogP contribution in [0.5, 0.6) is 0 Å². The number of hydrogen-bond acceptors (Lipinski definition) is 3. The quantitative estimate of drug-likeness (QED) is 0.628. The maximum Gasteiger partial charge on any atom is 0.237 e. The lowest BCUT2D eigenvalue weighted by Crippen LogP contribution is -2.26. The Morgan fingerprint density at radius 1 is 1.25 bits per heavy atom. The van der Waals surface area contributed by atoms with Gasteiger partial charge in [0, 0.05) is 30.2 Å². The van der Waals surface area contributed by atoms with Gasteiger partial charge in [0.2, 0.25) is 15.0 Å². The second kappa shape index (κ2) is 5.25. The van der Waals surface area contributed by atoms with Gasteiger partial charge >= 0.3 is 0 Å². The zero-order valence-electron chi connectivity index (χ0n) is 9.95. The Kier molecular flexibility index (Phi) is 3.97. The highest BCUT2D eigenvalue weighted by Gasteiger charge is 2.37. The molecule has 1 saturated heterocycles. The van der Waals surface area contributed by atoms with Crippen LogP contribution in [-0.4, -0.2) is 31.0 Å². The summed E-state index contributed by atoms with van der Waals surface area (Å²) in [7, 11) is 1.29. The van der Waals surface area contributed by atoms with E-state index >= 15 is 0 Å². The van der Waals surface area contributed by atoms with Crippen LogP contribution < -0.4 is 0 Å². The first-order valence-electron chi connectivity index (χ1n) is 5.53. The molecule has 110 valence electrons. The summed E-state index contributed by atoms with van der Waals surface area (Å²) < 4.78 is 61.2. The summed E-state index contributed by atoms with van der Waals surface area (Å²) in [5.74, 6) is -4.83. The van der Waals surface area contributed by atoms with E-state index < -0.39 is 37.7 Å². The average molecular weight is 328 g/mol. The molecule has 1 aromatic carbocycles. The lowest BCUT2D eigenvalue weighted by molar-refractivity contribution is -0.128. The molecule has 1 amide bonds. The highest BCUT2D eigenvalue weighted by Crippen LogP contribution is 2.23. The van der Waals surface area contributed by atoms with Crippen molar-refractivity contribution in [1.82, 2.24) is 4.90 Å². The van der Waals surface area contributed by atoms with E-state index in [-0.39, 0.29) is 25.1 Å². The van der Waals surface area contributed by atoms with Crippen LogP contribution in [0, 0.1) is 17.5 Å². The first kappa shape index (κ1) is 15.1. The summed E-state index contributed by atoms with van der Waals surface area (Å²) in [6.07, 6.45) is -0.280. The third-order valence-electron chi connectivity index (χ3n) is 2.99. The van der Waals surface area contributed by atoms with Gasteiger partial charge < -0.3 is 4.90 Å². The molecule has 1 unspecified atom stereocenters. The zero-order valence-corrected chi connectivity index (χ0v) is 11.5. The second-order valence-electron chi connectivity index (χ2n) is 4.45. The van der Waals surface area contributed by atoms with Gasteiger partial charge in [0.05, 0.1) is 0 Å². The standard InChI is InChI=1S/C11H9ClF3NO3S/c12-20(18,19)7-3-10(17)16(5-7)4-6-1-8(13)11(15)9(14)2-6/h1-2,7H,3-5H2. The number of likely N-dealkylation sites (tertiary alicyclic amines) is 1. The minimum absolute atomic E-state index is 0.0300. The number of carbonyl (C=O) groups excluding carboxylic acids is 1. The molecule has 0 saturated carbocycles. The van der Waals surface area contributed by atoms with Crippen LogP contribution >= 0.6 is 10.7 Å². The lowest BCUT2D eigenvalue weighted by Gasteiger charge is -2.16. The molecule has 20 heavy (non-hydrogen) atoms. The Morgan fingerprint density at radius 2 is 1.80 bits per heavy atom.